The van der Waals surface area contributed by atoms with Crippen molar-refractivity contribution in [2.24, 2.45) is 46.3 Å². The van der Waals surface area contributed by atoms with Gasteiger partial charge in [0.25, 0.3) is 0 Å². The highest BCUT2D eigenvalue weighted by Crippen LogP contribution is 2.45. The summed E-state index contributed by atoms with van der Waals surface area (Å²) >= 11 is 0. The van der Waals surface area contributed by atoms with Crippen LogP contribution in [0.1, 0.15) is 146 Å². The van der Waals surface area contributed by atoms with Crippen LogP contribution in [0.25, 0.3) is 0 Å². The quantitative estimate of drug-likeness (QED) is 0.365. The van der Waals surface area contributed by atoms with E-state index in [0.717, 1.165) is 35.5 Å². The van der Waals surface area contributed by atoms with E-state index in [1.165, 1.54) is 77.0 Å². The molecule has 0 aromatic carbocycles. The van der Waals surface area contributed by atoms with E-state index < -0.39 is 0 Å². The van der Waals surface area contributed by atoms with Crippen molar-refractivity contribution in [3.8, 4) is 0 Å². The molecule has 0 bridgehead atoms. The van der Waals surface area contributed by atoms with Crippen LogP contribution in [0.4, 0.5) is 0 Å². The fraction of sp³-hybridized carbons (Fsp3) is 1.00. The highest BCUT2D eigenvalue weighted by atomic mass is 14.4. The lowest BCUT2D eigenvalue weighted by Crippen LogP contribution is -2.30. The second kappa shape index (κ2) is 12.9. The summed E-state index contributed by atoms with van der Waals surface area (Å²) in [5, 5.41) is 0. The lowest BCUT2D eigenvalue weighted by Gasteiger charge is -2.41. The first-order valence-corrected chi connectivity index (χ1v) is 13.8. The fourth-order valence-corrected chi connectivity index (χ4v) is 5.68. The lowest BCUT2D eigenvalue weighted by atomic mass is 9.64. The van der Waals surface area contributed by atoms with Crippen molar-refractivity contribution in [1.29, 1.82) is 0 Å². The predicted octanol–water partition coefficient (Wildman–Crippen LogP) is 10.6. The molecule has 3 saturated carbocycles. The van der Waals surface area contributed by atoms with Gasteiger partial charge in [-0.25, -0.2) is 0 Å². The van der Waals surface area contributed by atoms with Crippen molar-refractivity contribution in [3.05, 3.63) is 0 Å². The van der Waals surface area contributed by atoms with Gasteiger partial charge in [-0.2, -0.15) is 0 Å². The smallest absolute Gasteiger partial charge is 0.0354 e. The van der Waals surface area contributed by atoms with Gasteiger partial charge in [0.05, 0.1) is 0 Å². The minimum Gasteiger partial charge on any atom is -0.0625 e. The molecule has 0 saturated heterocycles. The van der Waals surface area contributed by atoms with Gasteiger partial charge in [-0.15, -0.1) is 0 Å². The van der Waals surface area contributed by atoms with Crippen LogP contribution in [0.3, 0.4) is 0 Å². The zero-order valence-corrected chi connectivity index (χ0v) is 22.9. The van der Waals surface area contributed by atoms with Crippen molar-refractivity contribution in [2.75, 3.05) is 0 Å². The normalized spacial score (nSPS) is 35.4. The van der Waals surface area contributed by atoms with E-state index in [0.29, 0.717) is 10.8 Å². The molecule has 0 spiro atoms. The molecular weight excluding hydrogens is 360 g/mol. The number of rotatable bonds is 0. The maximum atomic E-state index is 2.40. The van der Waals surface area contributed by atoms with E-state index in [-0.39, 0.29) is 0 Å². The zero-order chi connectivity index (χ0) is 22.9. The van der Waals surface area contributed by atoms with Gasteiger partial charge in [0.2, 0.25) is 0 Å². The molecule has 3 aliphatic carbocycles. The summed E-state index contributed by atoms with van der Waals surface area (Å²) in [4.78, 5) is 0. The van der Waals surface area contributed by atoms with Gasteiger partial charge in [-0.3, -0.25) is 0 Å². The minimum absolute atomic E-state index is 0.531. The van der Waals surface area contributed by atoms with Crippen molar-refractivity contribution >= 4 is 0 Å². The van der Waals surface area contributed by atoms with Crippen molar-refractivity contribution in [2.45, 2.75) is 146 Å². The Morgan fingerprint density at radius 1 is 0.333 bits per heavy atom. The molecule has 0 aromatic heterocycles. The summed E-state index contributed by atoms with van der Waals surface area (Å²) in [5.41, 5.74) is 1.06. The standard InChI is InChI=1S/C14H28.2C8H16/c1-13(2,3)11-7-9-12(10-8-11)14(4,5)6;2*1-7-3-5-8(2)6-4-7/h11-12H,7-10H2,1-6H3;2*7-8H,3-6H2,1-2H3. The van der Waals surface area contributed by atoms with Crippen LogP contribution in [0, 0.1) is 46.3 Å². The maximum absolute atomic E-state index is 2.40. The summed E-state index contributed by atoms with van der Waals surface area (Å²) in [6, 6.07) is 0. The van der Waals surface area contributed by atoms with Crippen LogP contribution in [0.2, 0.25) is 0 Å². The Hall–Kier alpha value is 0. The van der Waals surface area contributed by atoms with Gasteiger partial charge >= 0.3 is 0 Å². The van der Waals surface area contributed by atoms with Crippen molar-refractivity contribution in [1.82, 2.24) is 0 Å². The average Bonchev–Trinajstić information content (AvgIpc) is 2.66. The first-order chi connectivity index (χ1) is 13.8. The fourth-order valence-electron chi connectivity index (χ4n) is 5.68. The molecule has 3 fully saturated rings. The number of hydrogen-bond acceptors (Lipinski definition) is 0. The Morgan fingerprint density at radius 3 is 0.633 bits per heavy atom. The molecule has 0 nitrogen and oxygen atoms in total. The molecule has 3 rings (SSSR count). The Balaban J connectivity index is 0.000000240. The second-order valence-electron chi connectivity index (χ2n) is 14.0. The van der Waals surface area contributed by atoms with Gasteiger partial charge in [0.15, 0.2) is 0 Å². The van der Waals surface area contributed by atoms with Crippen LogP contribution in [0.15, 0.2) is 0 Å². The Kier molecular flexibility index (Phi) is 12.0. The molecule has 0 heteroatoms. The van der Waals surface area contributed by atoms with Gasteiger partial charge in [0.1, 0.15) is 0 Å². The topological polar surface area (TPSA) is 0 Å². The summed E-state index contributed by atoms with van der Waals surface area (Å²) in [5.74, 6) is 6.00. The van der Waals surface area contributed by atoms with Crippen molar-refractivity contribution < 1.29 is 0 Å². The van der Waals surface area contributed by atoms with E-state index >= 15 is 0 Å². The van der Waals surface area contributed by atoms with Crippen LogP contribution in [-0.2, 0) is 0 Å². The van der Waals surface area contributed by atoms with E-state index in [1.807, 2.05) is 0 Å². The van der Waals surface area contributed by atoms with Crippen LogP contribution in [-0.4, -0.2) is 0 Å². The highest BCUT2D eigenvalue weighted by molar-refractivity contribution is 4.84. The zero-order valence-electron chi connectivity index (χ0n) is 22.9. The summed E-state index contributed by atoms with van der Waals surface area (Å²) in [6.45, 7) is 23.9. The Labute approximate surface area is 192 Å². The third kappa shape index (κ3) is 11.6. The largest absolute Gasteiger partial charge is 0.0625 e. The average molecular weight is 421 g/mol. The maximum Gasteiger partial charge on any atom is -0.0354 e. The molecule has 0 aromatic rings. The molecule has 0 N–H and O–H groups in total. The molecule has 0 atom stereocenters. The number of hydrogen-bond donors (Lipinski definition) is 0. The Morgan fingerprint density at radius 2 is 0.500 bits per heavy atom. The van der Waals surface area contributed by atoms with E-state index in [1.54, 1.807) is 0 Å². The van der Waals surface area contributed by atoms with E-state index in [2.05, 4.69) is 69.2 Å². The predicted molar refractivity (Wildman–Crippen MR) is 138 cm³/mol. The van der Waals surface area contributed by atoms with E-state index in [9.17, 15) is 0 Å². The second-order valence-corrected chi connectivity index (χ2v) is 14.0. The molecule has 0 amide bonds. The Bertz CT molecular complexity index is 348. The van der Waals surface area contributed by atoms with E-state index in [4.69, 9.17) is 0 Å². The van der Waals surface area contributed by atoms with Gasteiger partial charge in [-0.05, 0) is 72.0 Å². The molecule has 0 aliphatic heterocycles. The van der Waals surface area contributed by atoms with Gasteiger partial charge in [-0.1, -0.05) is 121 Å². The third-order valence-corrected chi connectivity index (χ3v) is 8.79. The molecule has 180 valence electrons. The first-order valence-electron chi connectivity index (χ1n) is 13.8. The van der Waals surface area contributed by atoms with Crippen LogP contribution >= 0.6 is 0 Å². The molecule has 0 radical (unpaired) electrons. The summed E-state index contributed by atoms with van der Waals surface area (Å²) < 4.78 is 0. The molecule has 3 aliphatic rings. The monoisotopic (exact) mass is 420 g/mol. The van der Waals surface area contributed by atoms with Crippen molar-refractivity contribution in [3.63, 3.8) is 0 Å². The van der Waals surface area contributed by atoms with Gasteiger partial charge in [0, 0.05) is 0 Å². The molecule has 30 heavy (non-hydrogen) atoms. The first kappa shape index (κ1) is 28.0. The molecular formula is C30H60. The van der Waals surface area contributed by atoms with Crippen LogP contribution in [0.5, 0.6) is 0 Å². The highest BCUT2D eigenvalue weighted by Gasteiger charge is 2.33. The third-order valence-electron chi connectivity index (χ3n) is 8.79. The van der Waals surface area contributed by atoms with Crippen LogP contribution < -0.4 is 0 Å². The lowest BCUT2D eigenvalue weighted by molar-refractivity contribution is 0.0970. The SMILES string of the molecule is CC(C)(C)C1CCC(C(C)(C)C)CC1.CC1CCC(C)CC1.CC1CCC(C)CC1. The summed E-state index contributed by atoms with van der Waals surface area (Å²) in [6.07, 6.45) is 17.6. The summed E-state index contributed by atoms with van der Waals surface area (Å²) in [7, 11) is 0. The minimum atomic E-state index is 0.531. The molecule has 0 unspecified atom stereocenters. The van der Waals surface area contributed by atoms with Gasteiger partial charge < -0.3 is 0 Å². The molecule has 0 heterocycles.